The van der Waals surface area contributed by atoms with E-state index in [0.29, 0.717) is 16.2 Å². The molecule has 4 nitrogen and oxygen atoms in total. The van der Waals surface area contributed by atoms with Crippen molar-refractivity contribution in [1.29, 1.82) is 0 Å². The molecule has 0 bridgehead atoms. The third-order valence-corrected chi connectivity index (χ3v) is 5.28. The van der Waals surface area contributed by atoms with E-state index in [4.69, 9.17) is 0 Å². The first-order valence-electron chi connectivity index (χ1n) is 6.50. The van der Waals surface area contributed by atoms with Crippen molar-refractivity contribution in [3.05, 3.63) is 40.8 Å². The number of rotatable bonds is 4. The molecular formula is C14H17N3OS. The van der Waals surface area contributed by atoms with E-state index in [1.807, 2.05) is 30.0 Å². The van der Waals surface area contributed by atoms with Gasteiger partial charge in [0.15, 0.2) is 0 Å². The van der Waals surface area contributed by atoms with E-state index >= 15 is 0 Å². The van der Waals surface area contributed by atoms with Crippen LogP contribution in [0.15, 0.2) is 35.3 Å². The van der Waals surface area contributed by atoms with Crippen LogP contribution in [0.1, 0.15) is 19.3 Å². The molecule has 19 heavy (non-hydrogen) atoms. The fourth-order valence-electron chi connectivity index (χ4n) is 2.42. The van der Waals surface area contributed by atoms with Gasteiger partial charge in [0.25, 0.3) is 5.56 Å². The van der Waals surface area contributed by atoms with Crippen LogP contribution in [0.2, 0.25) is 0 Å². The molecule has 3 rings (SSSR count). The summed E-state index contributed by atoms with van der Waals surface area (Å²) in [6, 6.07) is 7.14. The molecule has 5 heteroatoms. The Morgan fingerprint density at radius 1 is 1.47 bits per heavy atom. The second-order valence-corrected chi connectivity index (χ2v) is 6.28. The molecule has 0 radical (unpaired) electrons. The molecule has 1 aliphatic carbocycles. The number of nitrogens with one attached hydrogen (secondary N) is 1. The molecule has 2 heterocycles. The molecule has 0 aliphatic heterocycles. The molecule has 0 saturated heterocycles. The summed E-state index contributed by atoms with van der Waals surface area (Å²) >= 11 is 1.91. The maximum Gasteiger partial charge on any atom is 0.259 e. The van der Waals surface area contributed by atoms with Crippen LogP contribution >= 0.6 is 11.8 Å². The lowest BCUT2D eigenvalue weighted by atomic mass is 9.84. The minimum Gasteiger partial charge on any atom is -0.368 e. The number of anilines is 1. The van der Waals surface area contributed by atoms with Gasteiger partial charge in [-0.05, 0) is 31.2 Å². The van der Waals surface area contributed by atoms with Gasteiger partial charge in [0.2, 0.25) is 0 Å². The number of hydrogen-bond donors (Lipinski definition) is 1. The van der Waals surface area contributed by atoms with Crippen LogP contribution in [-0.2, 0) is 0 Å². The highest BCUT2D eigenvalue weighted by Gasteiger charge is 2.35. The molecule has 100 valence electrons. The van der Waals surface area contributed by atoms with E-state index in [-0.39, 0.29) is 5.56 Å². The molecule has 1 N–H and O–H groups in total. The van der Waals surface area contributed by atoms with Gasteiger partial charge >= 0.3 is 0 Å². The van der Waals surface area contributed by atoms with Crippen LogP contribution in [0, 0.1) is 0 Å². The first-order valence-corrected chi connectivity index (χ1v) is 7.72. The van der Waals surface area contributed by atoms with Gasteiger partial charge in [-0.15, -0.1) is 0 Å². The number of fused-ring (bicyclic) bond motifs is 1. The van der Waals surface area contributed by atoms with E-state index in [2.05, 4.69) is 16.6 Å². The number of hydrogen-bond acceptors (Lipinski definition) is 4. The van der Waals surface area contributed by atoms with Crippen molar-refractivity contribution in [1.82, 2.24) is 9.38 Å². The highest BCUT2D eigenvalue weighted by atomic mass is 32.2. The van der Waals surface area contributed by atoms with Gasteiger partial charge in [0.05, 0.1) is 0 Å². The van der Waals surface area contributed by atoms with E-state index in [1.165, 1.54) is 19.3 Å². The summed E-state index contributed by atoms with van der Waals surface area (Å²) in [6.45, 7) is 0.879. The van der Waals surface area contributed by atoms with Gasteiger partial charge < -0.3 is 5.32 Å². The lowest BCUT2D eigenvalue weighted by molar-refractivity contribution is 0.379. The fourth-order valence-corrected chi connectivity index (χ4v) is 3.33. The summed E-state index contributed by atoms with van der Waals surface area (Å²) in [5, 5.41) is 3.33. The average Bonchev–Trinajstić information content (AvgIpc) is 2.38. The lowest BCUT2D eigenvalue weighted by Gasteiger charge is -2.40. The zero-order chi connectivity index (χ0) is 13.3. The van der Waals surface area contributed by atoms with Crippen LogP contribution in [-0.4, -0.2) is 26.9 Å². The Hall–Kier alpha value is -1.49. The molecule has 0 spiro atoms. The molecule has 2 aromatic heterocycles. The summed E-state index contributed by atoms with van der Waals surface area (Å²) in [6.07, 6.45) is 7.69. The third kappa shape index (κ3) is 2.34. The minimum absolute atomic E-state index is 0.0417. The van der Waals surface area contributed by atoms with E-state index in [1.54, 1.807) is 16.7 Å². The summed E-state index contributed by atoms with van der Waals surface area (Å²) in [5.41, 5.74) is 0.643. The van der Waals surface area contributed by atoms with Gasteiger partial charge in [0, 0.05) is 23.6 Å². The molecule has 1 fully saturated rings. The van der Waals surface area contributed by atoms with Crippen LogP contribution < -0.4 is 10.9 Å². The topological polar surface area (TPSA) is 46.4 Å². The highest BCUT2D eigenvalue weighted by Crippen LogP contribution is 2.42. The quantitative estimate of drug-likeness (QED) is 0.930. The van der Waals surface area contributed by atoms with E-state index < -0.39 is 0 Å². The molecule has 1 saturated carbocycles. The minimum atomic E-state index is -0.0417. The van der Waals surface area contributed by atoms with Crippen molar-refractivity contribution in [3.63, 3.8) is 0 Å². The number of pyridine rings is 1. The molecule has 0 aromatic carbocycles. The Bertz CT molecular complexity index is 643. The fraction of sp³-hybridized carbons (Fsp3) is 0.429. The van der Waals surface area contributed by atoms with Crippen LogP contribution in [0.3, 0.4) is 0 Å². The van der Waals surface area contributed by atoms with Crippen LogP contribution in [0.4, 0.5) is 5.82 Å². The maximum atomic E-state index is 12.0. The Balaban J connectivity index is 1.83. The highest BCUT2D eigenvalue weighted by molar-refractivity contribution is 8.00. The largest absolute Gasteiger partial charge is 0.368 e. The summed E-state index contributed by atoms with van der Waals surface area (Å²) in [7, 11) is 0. The van der Waals surface area contributed by atoms with Crippen molar-refractivity contribution in [3.8, 4) is 0 Å². The predicted octanol–water partition coefficient (Wildman–Crippen LogP) is 2.39. The summed E-state index contributed by atoms with van der Waals surface area (Å²) in [4.78, 5) is 16.4. The Morgan fingerprint density at radius 2 is 2.32 bits per heavy atom. The Kier molecular flexibility index (Phi) is 3.22. The second kappa shape index (κ2) is 4.89. The monoisotopic (exact) mass is 275 g/mol. The molecule has 0 atom stereocenters. The first kappa shape index (κ1) is 12.5. The third-order valence-electron chi connectivity index (χ3n) is 3.86. The molecule has 0 unspecified atom stereocenters. The normalized spacial score (nSPS) is 17.1. The van der Waals surface area contributed by atoms with Crippen molar-refractivity contribution in [2.75, 3.05) is 18.1 Å². The maximum absolute atomic E-state index is 12.0. The van der Waals surface area contributed by atoms with Gasteiger partial charge in [0.1, 0.15) is 11.5 Å². The average molecular weight is 275 g/mol. The van der Waals surface area contributed by atoms with E-state index in [0.717, 1.165) is 6.54 Å². The predicted molar refractivity (Wildman–Crippen MR) is 80.0 cm³/mol. The number of nitrogens with zero attached hydrogens (tertiary/aromatic N) is 2. The van der Waals surface area contributed by atoms with Crippen LogP contribution in [0.25, 0.3) is 5.65 Å². The van der Waals surface area contributed by atoms with Crippen molar-refractivity contribution in [2.45, 2.75) is 24.0 Å². The zero-order valence-corrected chi connectivity index (χ0v) is 11.7. The van der Waals surface area contributed by atoms with Crippen molar-refractivity contribution in [2.24, 2.45) is 0 Å². The molecular weight excluding hydrogens is 258 g/mol. The first-order chi connectivity index (χ1) is 9.22. The molecule has 0 amide bonds. The standard InChI is InChI=1S/C14H17N3OS/c1-19-14(6-4-7-14)10-15-11-9-13(18)17-8-3-2-5-12(17)16-11/h2-3,5,8-9,15H,4,6-7,10H2,1H3. The lowest BCUT2D eigenvalue weighted by Crippen LogP contribution is -2.40. The summed E-state index contributed by atoms with van der Waals surface area (Å²) < 4.78 is 1.89. The van der Waals surface area contributed by atoms with Gasteiger partial charge in [-0.3, -0.25) is 9.20 Å². The van der Waals surface area contributed by atoms with Gasteiger partial charge in [-0.1, -0.05) is 12.5 Å². The Labute approximate surface area is 116 Å². The molecule has 2 aromatic rings. The number of aromatic nitrogens is 2. The van der Waals surface area contributed by atoms with Crippen molar-refractivity contribution < 1.29 is 0 Å². The number of thioether (sulfide) groups is 1. The van der Waals surface area contributed by atoms with Gasteiger partial charge in [-0.2, -0.15) is 11.8 Å². The van der Waals surface area contributed by atoms with Crippen LogP contribution in [0.5, 0.6) is 0 Å². The smallest absolute Gasteiger partial charge is 0.259 e. The second-order valence-electron chi connectivity index (χ2n) is 5.00. The molecule has 1 aliphatic rings. The van der Waals surface area contributed by atoms with Gasteiger partial charge in [-0.25, -0.2) is 4.98 Å². The summed E-state index contributed by atoms with van der Waals surface area (Å²) in [5.74, 6) is 0.677. The zero-order valence-electron chi connectivity index (χ0n) is 10.9. The SMILES string of the molecule is CSC1(CNc2cc(=O)n3ccccc3n2)CCC1. The Morgan fingerprint density at radius 3 is 3.00 bits per heavy atom. The van der Waals surface area contributed by atoms with E-state index in [9.17, 15) is 4.79 Å². The van der Waals surface area contributed by atoms with Crippen molar-refractivity contribution >= 4 is 23.2 Å².